The first-order valence-corrected chi connectivity index (χ1v) is 6.09. The fourth-order valence-electron chi connectivity index (χ4n) is 1.92. The molecule has 0 radical (unpaired) electrons. The van der Waals surface area contributed by atoms with E-state index in [4.69, 9.17) is 5.11 Å². The van der Waals surface area contributed by atoms with Crippen LogP contribution in [0.5, 0.6) is 0 Å². The minimum atomic E-state index is -0.0116. The number of nitrogens with zero attached hydrogens (tertiary/aromatic N) is 2. The van der Waals surface area contributed by atoms with Gasteiger partial charge in [-0.3, -0.25) is 9.89 Å². The van der Waals surface area contributed by atoms with Gasteiger partial charge in [0.15, 0.2) is 0 Å². The number of fused-ring (bicyclic) bond motifs is 1. The molecule has 0 atom stereocenters. The zero-order valence-corrected chi connectivity index (χ0v) is 10.4. The molecule has 0 saturated heterocycles. The van der Waals surface area contributed by atoms with Gasteiger partial charge in [-0.05, 0) is 25.5 Å². The second-order valence-electron chi connectivity index (χ2n) is 4.13. The van der Waals surface area contributed by atoms with Crippen molar-refractivity contribution in [3.63, 3.8) is 0 Å². The lowest BCUT2D eigenvalue weighted by atomic mass is 10.1. The maximum atomic E-state index is 12.3. The highest BCUT2D eigenvalue weighted by atomic mass is 16.3. The molecule has 0 aliphatic rings. The monoisotopic (exact) mass is 247 g/mol. The van der Waals surface area contributed by atoms with E-state index in [1.807, 2.05) is 25.1 Å². The predicted octanol–water partition coefficient (Wildman–Crippen LogP) is 1.41. The van der Waals surface area contributed by atoms with E-state index in [-0.39, 0.29) is 12.5 Å². The summed E-state index contributed by atoms with van der Waals surface area (Å²) in [6, 6.07) is 5.50. The number of benzene rings is 1. The van der Waals surface area contributed by atoms with E-state index < -0.39 is 0 Å². The Kier molecular flexibility index (Phi) is 3.94. The molecule has 0 unspecified atom stereocenters. The average Bonchev–Trinajstić information content (AvgIpc) is 2.86. The summed E-state index contributed by atoms with van der Waals surface area (Å²) < 4.78 is 0. The van der Waals surface area contributed by atoms with Gasteiger partial charge in [-0.2, -0.15) is 5.10 Å². The van der Waals surface area contributed by atoms with E-state index in [2.05, 4.69) is 10.2 Å². The molecule has 5 nitrogen and oxygen atoms in total. The van der Waals surface area contributed by atoms with Crippen molar-refractivity contribution in [3.05, 3.63) is 30.0 Å². The van der Waals surface area contributed by atoms with E-state index in [0.29, 0.717) is 25.1 Å². The molecule has 1 aromatic heterocycles. The molecular formula is C13H17N3O2. The number of aromatic amines is 1. The van der Waals surface area contributed by atoms with Crippen LogP contribution in [0, 0.1) is 0 Å². The highest BCUT2D eigenvalue weighted by Gasteiger charge is 2.14. The van der Waals surface area contributed by atoms with E-state index >= 15 is 0 Å². The Bertz CT molecular complexity index is 536. The van der Waals surface area contributed by atoms with Gasteiger partial charge in [0.1, 0.15) is 0 Å². The van der Waals surface area contributed by atoms with Crippen molar-refractivity contribution < 1.29 is 9.90 Å². The summed E-state index contributed by atoms with van der Waals surface area (Å²) in [4.78, 5) is 14.0. The molecule has 0 aliphatic heterocycles. The zero-order chi connectivity index (χ0) is 13.0. The molecule has 96 valence electrons. The van der Waals surface area contributed by atoms with Crippen LogP contribution in [-0.4, -0.2) is 45.8 Å². The number of hydrogen-bond donors (Lipinski definition) is 2. The first-order chi connectivity index (χ1) is 8.76. The van der Waals surface area contributed by atoms with Crippen LogP contribution in [0.3, 0.4) is 0 Å². The number of carbonyl (C=O) groups excluding carboxylic acids is 1. The molecule has 2 aromatic rings. The molecule has 0 bridgehead atoms. The Labute approximate surface area is 105 Å². The molecule has 2 N–H and O–H groups in total. The molecule has 0 aliphatic carbocycles. The summed E-state index contributed by atoms with van der Waals surface area (Å²) in [7, 11) is 0. The van der Waals surface area contributed by atoms with Crippen molar-refractivity contribution in [2.24, 2.45) is 0 Å². The fourth-order valence-corrected chi connectivity index (χ4v) is 1.92. The largest absolute Gasteiger partial charge is 0.396 e. The van der Waals surface area contributed by atoms with Gasteiger partial charge in [-0.25, -0.2) is 0 Å². The molecule has 18 heavy (non-hydrogen) atoms. The summed E-state index contributed by atoms with van der Waals surface area (Å²) >= 11 is 0. The van der Waals surface area contributed by atoms with Gasteiger partial charge < -0.3 is 10.0 Å². The summed E-state index contributed by atoms with van der Waals surface area (Å²) in [6.07, 6.45) is 2.33. The van der Waals surface area contributed by atoms with Crippen molar-refractivity contribution in [3.8, 4) is 0 Å². The number of aliphatic hydroxyl groups excluding tert-OH is 1. The zero-order valence-electron chi connectivity index (χ0n) is 10.4. The SMILES string of the molecule is CCN(CCCO)C(=O)c1ccc2cn[nH]c2c1. The summed E-state index contributed by atoms with van der Waals surface area (Å²) in [6.45, 7) is 3.25. The predicted molar refractivity (Wildman–Crippen MR) is 69.4 cm³/mol. The molecule has 0 spiro atoms. The Balaban J connectivity index is 2.20. The number of amides is 1. The minimum absolute atomic E-state index is 0.0116. The number of H-pyrrole nitrogens is 1. The second-order valence-corrected chi connectivity index (χ2v) is 4.13. The minimum Gasteiger partial charge on any atom is -0.396 e. The molecular weight excluding hydrogens is 230 g/mol. The third-order valence-corrected chi connectivity index (χ3v) is 2.94. The number of aromatic nitrogens is 2. The van der Waals surface area contributed by atoms with E-state index in [9.17, 15) is 4.79 Å². The van der Waals surface area contributed by atoms with Crippen molar-refractivity contribution in [1.82, 2.24) is 15.1 Å². The lowest BCUT2D eigenvalue weighted by molar-refractivity contribution is 0.0754. The Hall–Kier alpha value is -1.88. The first kappa shape index (κ1) is 12.6. The van der Waals surface area contributed by atoms with Crippen LogP contribution >= 0.6 is 0 Å². The molecule has 5 heteroatoms. The third kappa shape index (κ3) is 2.51. The maximum Gasteiger partial charge on any atom is 0.253 e. The van der Waals surface area contributed by atoms with Crippen molar-refractivity contribution in [1.29, 1.82) is 0 Å². The molecule has 2 rings (SSSR count). The standard InChI is InChI=1S/C13H17N3O2/c1-2-16(6-3-7-17)13(18)10-4-5-11-9-14-15-12(11)8-10/h4-5,8-9,17H,2-3,6-7H2,1H3,(H,14,15). The van der Waals surface area contributed by atoms with Gasteiger partial charge in [0.05, 0.1) is 11.7 Å². The normalized spacial score (nSPS) is 10.8. The van der Waals surface area contributed by atoms with Gasteiger partial charge in [0.2, 0.25) is 0 Å². The maximum absolute atomic E-state index is 12.3. The van der Waals surface area contributed by atoms with Crippen LogP contribution in [-0.2, 0) is 0 Å². The summed E-state index contributed by atoms with van der Waals surface area (Å²) in [5.41, 5.74) is 1.51. The lowest BCUT2D eigenvalue weighted by Gasteiger charge is -2.20. The number of rotatable bonds is 5. The Morgan fingerprint density at radius 1 is 1.50 bits per heavy atom. The Morgan fingerprint density at radius 2 is 2.33 bits per heavy atom. The highest BCUT2D eigenvalue weighted by Crippen LogP contribution is 2.14. The molecule has 0 saturated carbocycles. The van der Waals surface area contributed by atoms with E-state index in [1.165, 1.54) is 0 Å². The summed E-state index contributed by atoms with van der Waals surface area (Å²) in [5, 5.41) is 16.6. The lowest BCUT2D eigenvalue weighted by Crippen LogP contribution is -2.32. The topological polar surface area (TPSA) is 69.2 Å². The van der Waals surface area contributed by atoms with Crippen LogP contribution < -0.4 is 0 Å². The quantitative estimate of drug-likeness (QED) is 0.839. The Morgan fingerprint density at radius 3 is 3.06 bits per heavy atom. The number of carbonyl (C=O) groups is 1. The van der Waals surface area contributed by atoms with Crippen LogP contribution in [0.25, 0.3) is 10.9 Å². The highest BCUT2D eigenvalue weighted by molar-refractivity contribution is 5.97. The molecule has 1 heterocycles. The first-order valence-electron chi connectivity index (χ1n) is 6.09. The number of hydrogen-bond acceptors (Lipinski definition) is 3. The van der Waals surface area contributed by atoms with Crippen LogP contribution in [0.4, 0.5) is 0 Å². The fraction of sp³-hybridized carbons (Fsp3) is 0.385. The molecule has 1 amide bonds. The van der Waals surface area contributed by atoms with Crippen molar-refractivity contribution in [2.45, 2.75) is 13.3 Å². The third-order valence-electron chi connectivity index (χ3n) is 2.94. The van der Waals surface area contributed by atoms with E-state index in [0.717, 1.165) is 10.9 Å². The van der Waals surface area contributed by atoms with Gasteiger partial charge in [-0.1, -0.05) is 6.07 Å². The summed E-state index contributed by atoms with van der Waals surface area (Å²) in [5.74, 6) is -0.0116. The average molecular weight is 247 g/mol. The van der Waals surface area contributed by atoms with E-state index in [1.54, 1.807) is 11.1 Å². The van der Waals surface area contributed by atoms with Gasteiger partial charge in [0.25, 0.3) is 5.91 Å². The molecule has 0 fully saturated rings. The smallest absolute Gasteiger partial charge is 0.253 e. The van der Waals surface area contributed by atoms with Gasteiger partial charge in [-0.15, -0.1) is 0 Å². The molecule has 1 aromatic carbocycles. The van der Waals surface area contributed by atoms with Crippen molar-refractivity contribution in [2.75, 3.05) is 19.7 Å². The van der Waals surface area contributed by atoms with Crippen LogP contribution in [0.15, 0.2) is 24.4 Å². The number of nitrogens with one attached hydrogen (secondary N) is 1. The van der Waals surface area contributed by atoms with Gasteiger partial charge >= 0.3 is 0 Å². The van der Waals surface area contributed by atoms with Crippen LogP contribution in [0.2, 0.25) is 0 Å². The van der Waals surface area contributed by atoms with Gasteiger partial charge in [0, 0.05) is 30.6 Å². The second kappa shape index (κ2) is 5.64. The number of aliphatic hydroxyl groups is 1. The van der Waals surface area contributed by atoms with Crippen LogP contribution in [0.1, 0.15) is 23.7 Å². The van der Waals surface area contributed by atoms with Crippen molar-refractivity contribution >= 4 is 16.8 Å².